The first-order chi connectivity index (χ1) is 8.82. The minimum absolute atomic E-state index is 0.314. The molecule has 0 aromatic carbocycles. The summed E-state index contributed by atoms with van der Waals surface area (Å²) in [5.41, 5.74) is 0.747. The maximum Gasteiger partial charge on any atom is 0.266 e. The van der Waals surface area contributed by atoms with Crippen LogP contribution in [0.3, 0.4) is 0 Å². The quantitative estimate of drug-likeness (QED) is 0.872. The van der Waals surface area contributed by atoms with E-state index in [1.54, 1.807) is 32.0 Å². The number of rotatable bonds is 3. The molecule has 5 nitrogen and oxygen atoms in total. The molecule has 0 aliphatic carbocycles. The first-order valence-electron chi connectivity index (χ1n) is 5.68. The number of sulfonamides is 1. The normalized spacial score (nSPS) is 11.6. The van der Waals surface area contributed by atoms with Gasteiger partial charge in [-0.25, -0.2) is 8.42 Å². The fourth-order valence-corrected chi connectivity index (χ4v) is 4.36. The van der Waals surface area contributed by atoms with Crippen LogP contribution in [-0.2, 0) is 10.0 Å². The van der Waals surface area contributed by atoms with Crippen molar-refractivity contribution in [2.24, 2.45) is 0 Å². The van der Waals surface area contributed by atoms with Gasteiger partial charge in [0.15, 0.2) is 5.82 Å². The molecule has 7 heteroatoms. The van der Waals surface area contributed by atoms with E-state index in [2.05, 4.69) is 10.2 Å². The van der Waals surface area contributed by atoms with E-state index >= 15 is 0 Å². The van der Waals surface area contributed by atoms with Gasteiger partial charge >= 0.3 is 0 Å². The fourth-order valence-electron chi connectivity index (χ4n) is 1.69. The predicted molar refractivity (Wildman–Crippen MR) is 76.2 cm³/mol. The number of hydrogen-bond acceptors (Lipinski definition) is 5. The topological polar surface area (TPSA) is 63.2 Å². The molecule has 19 heavy (non-hydrogen) atoms. The molecule has 2 aromatic rings. The number of thiophene rings is 1. The van der Waals surface area contributed by atoms with Crippen LogP contribution in [0, 0.1) is 20.8 Å². The van der Waals surface area contributed by atoms with Crippen LogP contribution in [-0.4, -0.2) is 25.7 Å². The highest BCUT2D eigenvalue weighted by Crippen LogP contribution is 2.28. The second kappa shape index (κ2) is 4.90. The Labute approximate surface area is 117 Å². The summed E-state index contributed by atoms with van der Waals surface area (Å²) < 4.78 is 26.2. The molecule has 0 atom stereocenters. The second-order valence-electron chi connectivity index (χ2n) is 4.28. The van der Waals surface area contributed by atoms with Crippen LogP contribution in [0.4, 0.5) is 5.82 Å². The molecule has 0 fully saturated rings. The molecule has 0 N–H and O–H groups in total. The van der Waals surface area contributed by atoms with Gasteiger partial charge in [-0.15, -0.1) is 16.4 Å². The Balaban J connectivity index is 2.45. The molecule has 2 rings (SSSR count). The molecule has 0 saturated carbocycles. The fraction of sp³-hybridized carbons (Fsp3) is 0.333. The molecule has 0 bridgehead atoms. The summed E-state index contributed by atoms with van der Waals surface area (Å²) in [5.74, 6) is 0.314. The highest BCUT2D eigenvalue weighted by Gasteiger charge is 2.25. The average molecular weight is 297 g/mol. The van der Waals surface area contributed by atoms with Crippen molar-refractivity contribution in [3.05, 3.63) is 33.6 Å². The Morgan fingerprint density at radius 3 is 2.32 bits per heavy atom. The van der Waals surface area contributed by atoms with E-state index in [4.69, 9.17) is 0 Å². The zero-order valence-corrected chi connectivity index (χ0v) is 12.8. The van der Waals surface area contributed by atoms with Gasteiger partial charge in [-0.3, -0.25) is 4.31 Å². The van der Waals surface area contributed by atoms with Crippen molar-refractivity contribution in [2.45, 2.75) is 25.7 Å². The summed E-state index contributed by atoms with van der Waals surface area (Å²) in [4.78, 5) is 2.09. The largest absolute Gasteiger partial charge is 0.266 e. The maximum absolute atomic E-state index is 12.5. The predicted octanol–water partition coefficient (Wildman–Crippen LogP) is 2.29. The molecular weight excluding hydrogens is 282 g/mol. The first kappa shape index (κ1) is 14.0. The van der Waals surface area contributed by atoms with E-state index in [9.17, 15) is 8.42 Å². The molecule has 0 saturated heterocycles. The monoisotopic (exact) mass is 297 g/mol. The average Bonchev–Trinajstić information content (AvgIpc) is 2.69. The molecule has 0 aliphatic rings. The molecule has 102 valence electrons. The zero-order chi connectivity index (χ0) is 14.2. The Morgan fingerprint density at radius 1 is 1.16 bits per heavy atom. The van der Waals surface area contributed by atoms with E-state index in [0.29, 0.717) is 10.7 Å². The van der Waals surface area contributed by atoms with Gasteiger partial charge in [-0.1, -0.05) is 0 Å². The molecule has 0 aliphatic heterocycles. The lowest BCUT2D eigenvalue weighted by molar-refractivity contribution is 0.593. The molecular formula is C12H15N3O2S2. The van der Waals surface area contributed by atoms with Crippen LogP contribution in [0.2, 0.25) is 0 Å². The lowest BCUT2D eigenvalue weighted by Crippen LogP contribution is -2.27. The van der Waals surface area contributed by atoms with Crippen molar-refractivity contribution in [3.8, 4) is 0 Å². The van der Waals surface area contributed by atoms with Crippen LogP contribution in [0.1, 0.15) is 15.4 Å². The third kappa shape index (κ3) is 2.62. The SMILES string of the molecule is Cc1ccc(N(C)S(=O)(=O)c2cc(C)sc2C)nn1. The molecule has 0 radical (unpaired) electrons. The summed E-state index contributed by atoms with van der Waals surface area (Å²) in [7, 11) is -2.09. The van der Waals surface area contributed by atoms with Gasteiger partial charge in [0, 0.05) is 16.8 Å². The molecule has 2 aromatic heterocycles. The Bertz CT molecular complexity index is 690. The minimum Gasteiger partial charge on any atom is -0.251 e. The second-order valence-corrected chi connectivity index (χ2v) is 7.68. The summed E-state index contributed by atoms with van der Waals surface area (Å²) in [5, 5.41) is 7.79. The van der Waals surface area contributed by atoms with E-state index in [1.165, 1.54) is 18.4 Å². The first-order valence-corrected chi connectivity index (χ1v) is 7.94. The standard InChI is InChI=1S/C12H15N3O2S2/c1-8-5-6-12(14-13-8)15(4)19(16,17)11-7-9(2)18-10(11)3/h5-7H,1-4H3. The lowest BCUT2D eigenvalue weighted by atomic mass is 10.4. The number of aryl methyl sites for hydroxylation is 3. The van der Waals surface area contributed by atoms with Gasteiger partial charge in [0.2, 0.25) is 0 Å². The van der Waals surface area contributed by atoms with Gasteiger partial charge in [0.05, 0.1) is 5.69 Å². The Hall–Kier alpha value is -1.47. The van der Waals surface area contributed by atoms with Gasteiger partial charge in [0.25, 0.3) is 10.0 Å². The van der Waals surface area contributed by atoms with Crippen LogP contribution < -0.4 is 4.31 Å². The van der Waals surface area contributed by atoms with E-state index in [0.717, 1.165) is 19.8 Å². The van der Waals surface area contributed by atoms with Crippen LogP contribution >= 0.6 is 11.3 Å². The molecule has 0 amide bonds. The van der Waals surface area contributed by atoms with Crippen molar-refractivity contribution < 1.29 is 8.42 Å². The number of aromatic nitrogens is 2. The number of anilines is 1. The Morgan fingerprint density at radius 2 is 1.84 bits per heavy atom. The van der Waals surface area contributed by atoms with Crippen molar-refractivity contribution >= 4 is 27.2 Å². The summed E-state index contributed by atoms with van der Waals surface area (Å²) in [6.45, 7) is 5.50. The van der Waals surface area contributed by atoms with E-state index in [1.807, 2.05) is 6.92 Å². The summed E-state index contributed by atoms with van der Waals surface area (Å²) in [6.07, 6.45) is 0. The zero-order valence-electron chi connectivity index (χ0n) is 11.2. The van der Waals surface area contributed by atoms with E-state index in [-0.39, 0.29) is 0 Å². The van der Waals surface area contributed by atoms with Crippen molar-refractivity contribution in [1.29, 1.82) is 0 Å². The van der Waals surface area contributed by atoms with Crippen molar-refractivity contribution in [3.63, 3.8) is 0 Å². The number of nitrogens with zero attached hydrogens (tertiary/aromatic N) is 3. The van der Waals surface area contributed by atoms with Gasteiger partial charge in [-0.05, 0) is 39.0 Å². The van der Waals surface area contributed by atoms with Gasteiger partial charge < -0.3 is 0 Å². The van der Waals surface area contributed by atoms with Crippen LogP contribution in [0.15, 0.2) is 23.1 Å². The van der Waals surface area contributed by atoms with Gasteiger partial charge in [0.1, 0.15) is 4.90 Å². The lowest BCUT2D eigenvalue weighted by Gasteiger charge is -2.17. The smallest absolute Gasteiger partial charge is 0.251 e. The van der Waals surface area contributed by atoms with E-state index < -0.39 is 10.0 Å². The van der Waals surface area contributed by atoms with Crippen molar-refractivity contribution in [1.82, 2.24) is 10.2 Å². The molecule has 2 heterocycles. The number of hydrogen-bond donors (Lipinski definition) is 0. The van der Waals surface area contributed by atoms with Crippen molar-refractivity contribution in [2.75, 3.05) is 11.4 Å². The summed E-state index contributed by atoms with van der Waals surface area (Å²) >= 11 is 1.47. The molecule has 0 unspecified atom stereocenters. The molecule has 0 spiro atoms. The summed E-state index contributed by atoms with van der Waals surface area (Å²) in [6, 6.07) is 5.07. The van der Waals surface area contributed by atoms with Crippen LogP contribution in [0.25, 0.3) is 0 Å². The highest BCUT2D eigenvalue weighted by molar-refractivity contribution is 7.93. The minimum atomic E-state index is -3.57. The maximum atomic E-state index is 12.5. The Kier molecular flexibility index (Phi) is 3.60. The third-order valence-electron chi connectivity index (χ3n) is 2.74. The van der Waals surface area contributed by atoms with Crippen LogP contribution in [0.5, 0.6) is 0 Å². The third-order valence-corrected chi connectivity index (χ3v) is 5.72. The van der Waals surface area contributed by atoms with Gasteiger partial charge in [-0.2, -0.15) is 5.10 Å². The highest BCUT2D eigenvalue weighted by atomic mass is 32.2.